The van der Waals surface area contributed by atoms with Gasteiger partial charge in [0.15, 0.2) is 0 Å². The van der Waals surface area contributed by atoms with Gasteiger partial charge in [-0.05, 0) is 0 Å². The summed E-state index contributed by atoms with van der Waals surface area (Å²) < 4.78 is 0. The minimum atomic E-state index is 0. The number of hydrogen-bond donors (Lipinski definition) is 0. The van der Waals surface area contributed by atoms with Crippen LogP contribution in [0.25, 0.3) is 0 Å². The Hall–Kier alpha value is 3.10. The minimum absolute atomic E-state index is 0. The molecule has 4 radical (unpaired) electrons. The molecule has 22 heteroatoms. The van der Waals surface area contributed by atoms with Crippen molar-refractivity contribution < 1.29 is 199 Å². The molecule has 0 spiro atoms. The van der Waals surface area contributed by atoms with Crippen molar-refractivity contribution in [3.8, 4) is 0 Å². The maximum absolute atomic E-state index is 8.25. The monoisotopic (exact) mass is 1110 g/mol. The molecule has 0 unspecified atom stereocenters. The predicted octanol–water partition coefficient (Wildman–Crippen LogP) is -16.4. The molecule has 38 heavy (non-hydrogen) atoms. The minimum Gasteiger partial charge on any atom is -0.857 e. The second-order valence-corrected chi connectivity index (χ2v) is 0. The molecule has 0 aromatic carbocycles. The fourth-order valence-corrected chi connectivity index (χ4v) is 0. The van der Waals surface area contributed by atoms with E-state index in [-0.39, 0.29) is 117 Å². The Kier molecular flexibility index (Phi) is 30400. The molecule has 0 aliphatic heterocycles. The van der Waals surface area contributed by atoms with Gasteiger partial charge in [-0.2, -0.15) is 114 Å². The van der Waals surface area contributed by atoms with Crippen LogP contribution in [0.4, 0.5) is 0 Å². The van der Waals surface area contributed by atoms with Crippen molar-refractivity contribution in [2.45, 2.75) is 0 Å². The van der Waals surface area contributed by atoms with E-state index in [1.807, 2.05) is 0 Å². The van der Waals surface area contributed by atoms with E-state index in [4.69, 9.17) is 81.7 Å². The van der Waals surface area contributed by atoms with Gasteiger partial charge < -0.3 is 81.7 Å². The molecular formula is C16H48O16Rh6-4. The third-order valence-electron chi connectivity index (χ3n) is 0. The van der Waals surface area contributed by atoms with E-state index in [1.54, 1.807) is 0 Å². The molecule has 16 nitrogen and oxygen atoms in total. The first-order valence-corrected chi connectivity index (χ1v) is 6.53. The zero-order valence-corrected chi connectivity index (χ0v) is 34.4. The molecule has 0 bridgehead atoms. The summed E-state index contributed by atoms with van der Waals surface area (Å²) in [5, 5.41) is 132. The molecule has 0 atom stereocenters. The largest absolute Gasteiger partial charge is 3.00 e. The van der Waals surface area contributed by atoms with Crippen LogP contribution in [0.3, 0.4) is 0 Å². The van der Waals surface area contributed by atoms with Crippen molar-refractivity contribution in [3.05, 3.63) is 0 Å². The SMILES string of the molecule is C[O-].C[O-].C[O-].C[O-].C[O-].C[O-].C[O-].C[O-].C[O-].C[O-].C[O-].C[O-].C[O-].C[O-].C[O-].C[O-].[Rh+2].[Rh+2].[Rh+2].[Rh+3].[Rh+3].[Rh]. The molecule has 0 aliphatic rings. The number of hydrogen-bond acceptors (Lipinski definition) is 16. The fourth-order valence-electron chi connectivity index (χ4n) is 0. The third-order valence-corrected chi connectivity index (χ3v) is 0. The Morgan fingerprint density at radius 1 is 0.158 bits per heavy atom. The zero-order chi connectivity index (χ0) is 32.0. The van der Waals surface area contributed by atoms with Gasteiger partial charge in [0.2, 0.25) is 0 Å². The summed E-state index contributed by atoms with van der Waals surface area (Å²) in [5.41, 5.74) is 0. The van der Waals surface area contributed by atoms with Gasteiger partial charge in [0.05, 0.1) is 0 Å². The Balaban J connectivity index is -0.00000000356. The first-order valence-electron chi connectivity index (χ1n) is 6.53. The molecule has 0 aromatic rings. The van der Waals surface area contributed by atoms with Crippen molar-refractivity contribution in [1.82, 2.24) is 0 Å². The molecule has 0 fully saturated rings. The Labute approximate surface area is 309 Å². The predicted molar refractivity (Wildman–Crippen MR) is 94.8 cm³/mol. The van der Waals surface area contributed by atoms with Crippen LogP contribution in [-0.4, -0.2) is 114 Å². The van der Waals surface area contributed by atoms with E-state index >= 15 is 0 Å². The van der Waals surface area contributed by atoms with E-state index < -0.39 is 0 Å². The third kappa shape index (κ3) is 5910. The van der Waals surface area contributed by atoms with Crippen molar-refractivity contribution in [1.29, 1.82) is 0 Å². The van der Waals surface area contributed by atoms with Crippen LogP contribution in [0.2, 0.25) is 0 Å². The van der Waals surface area contributed by atoms with E-state index in [9.17, 15) is 0 Å². The average molecular weight is 1110 g/mol. The van der Waals surface area contributed by atoms with E-state index in [2.05, 4.69) is 0 Å². The molecule has 0 rings (SSSR count). The molecule has 0 heterocycles. The van der Waals surface area contributed by atoms with Gasteiger partial charge in [-0.25, -0.2) is 0 Å². The molecule has 0 aromatic heterocycles. The normalized spacial score (nSPS) is 2.53. The molecule has 0 aliphatic carbocycles. The maximum Gasteiger partial charge on any atom is 3.00 e. The summed E-state index contributed by atoms with van der Waals surface area (Å²) in [4.78, 5) is 0. The van der Waals surface area contributed by atoms with Gasteiger partial charge in [0, 0.05) is 19.5 Å². The van der Waals surface area contributed by atoms with Crippen LogP contribution in [0.15, 0.2) is 0 Å². The Morgan fingerprint density at radius 2 is 0.158 bits per heavy atom. The van der Waals surface area contributed by atoms with Crippen molar-refractivity contribution in [3.63, 3.8) is 0 Å². The fraction of sp³-hybridized carbons (Fsp3) is 1.00. The summed E-state index contributed by atoms with van der Waals surface area (Å²) in [6, 6.07) is 0. The van der Waals surface area contributed by atoms with Crippen molar-refractivity contribution in [2.24, 2.45) is 0 Å². The van der Waals surface area contributed by atoms with E-state index in [0.717, 1.165) is 114 Å². The molecule has 0 amide bonds. The Morgan fingerprint density at radius 3 is 0.158 bits per heavy atom. The van der Waals surface area contributed by atoms with Gasteiger partial charge >= 0.3 is 97.4 Å². The molecule has 0 saturated heterocycles. The summed E-state index contributed by atoms with van der Waals surface area (Å²) in [6.45, 7) is 0. The van der Waals surface area contributed by atoms with Gasteiger partial charge in [0.1, 0.15) is 0 Å². The number of rotatable bonds is 0. The van der Waals surface area contributed by atoms with Gasteiger partial charge in [-0.3, -0.25) is 0 Å². The average Bonchev–Trinajstić information content (AvgIpc) is 3.05. The quantitative estimate of drug-likeness (QED) is 0.203. The van der Waals surface area contributed by atoms with Crippen LogP contribution in [0.1, 0.15) is 0 Å². The standard InChI is InChI=1S/16CH3O.6Rh/c16*1-2;;;;;;/h16*1H3;;;;;;/q16*-1;;3*+2;2*+3. The van der Waals surface area contributed by atoms with Crippen LogP contribution >= 0.6 is 0 Å². The second kappa shape index (κ2) is 6380. The molecular weight excluding hydrogens is 1070 g/mol. The Bertz CT molecular complexity index is 55.9. The van der Waals surface area contributed by atoms with Crippen LogP contribution in [0, 0.1) is 0 Å². The van der Waals surface area contributed by atoms with Crippen LogP contribution in [-0.2, 0) is 117 Å². The molecule has 0 N–H and O–H groups in total. The first-order chi connectivity index (χ1) is 16.0. The molecule has 0 saturated carbocycles. The van der Waals surface area contributed by atoms with Gasteiger partial charge in [-0.15, -0.1) is 0 Å². The van der Waals surface area contributed by atoms with E-state index in [0.29, 0.717) is 0 Å². The summed E-state index contributed by atoms with van der Waals surface area (Å²) in [5.74, 6) is 0. The van der Waals surface area contributed by atoms with Gasteiger partial charge in [-0.1, -0.05) is 0 Å². The molecule has 266 valence electrons. The smallest absolute Gasteiger partial charge is 0.857 e. The summed E-state index contributed by atoms with van der Waals surface area (Å²) >= 11 is 0. The first kappa shape index (κ1) is 181. The van der Waals surface area contributed by atoms with Crippen LogP contribution in [0.5, 0.6) is 0 Å². The van der Waals surface area contributed by atoms with Crippen molar-refractivity contribution >= 4 is 0 Å². The second-order valence-electron chi connectivity index (χ2n) is 0. The zero-order valence-electron chi connectivity index (χ0n) is 24.5. The van der Waals surface area contributed by atoms with Gasteiger partial charge in [0.25, 0.3) is 0 Å². The maximum atomic E-state index is 8.25. The summed E-state index contributed by atoms with van der Waals surface area (Å²) in [7, 11) is 12.0. The van der Waals surface area contributed by atoms with Crippen molar-refractivity contribution in [2.75, 3.05) is 114 Å². The van der Waals surface area contributed by atoms with Crippen LogP contribution < -0.4 is 81.7 Å². The summed E-state index contributed by atoms with van der Waals surface area (Å²) in [6.07, 6.45) is 0. The topological polar surface area (TPSA) is 369 Å². The van der Waals surface area contributed by atoms with E-state index in [1.165, 1.54) is 0 Å².